The number of anilines is 1. The van der Waals surface area contributed by atoms with Gasteiger partial charge in [0.1, 0.15) is 5.75 Å². The predicted molar refractivity (Wildman–Crippen MR) is 97.0 cm³/mol. The summed E-state index contributed by atoms with van der Waals surface area (Å²) in [7, 11) is 1.60. The highest BCUT2D eigenvalue weighted by molar-refractivity contribution is 6.11. The summed E-state index contributed by atoms with van der Waals surface area (Å²) in [6, 6.07) is 16.1. The first kappa shape index (κ1) is 14.8. The molecule has 3 aromatic carbocycles. The molecule has 0 heterocycles. The van der Waals surface area contributed by atoms with Crippen molar-refractivity contribution in [3.05, 3.63) is 70.8 Å². The summed E-state index contributed by atoms with van der Waals surface area (Å²) in [5, 5.41) is 5.48. The predicted octanol–water partition coefficient (Wildman–Crippen LogP) is 4.51. The van der Waals surface area contributed by atoms with Gasteiger partial charge in [-0.1, -0.05) is 36.4 Å². The zero-order valence-electron chi connectivity index (χ0n) is 13.8. The maximum atomic E-state index is 12.8. The molecule has 0 fully saturated rings. The smallest absolute Gasteiger partial charge is 0.259 e. The van der Waals surface area contributed by atoms with Crippen LogP contribution in [-0.2, 0) is 12.8 Å². The molecule has 1 aliphatic carbocycles. The molecule has 3 aromatic rings. The zero-order valence-corrected chi connectivity index (χ0v) is 13.8. The van der Waals surface area contributed by atoms with Crippen molar-refractivity contribution in [2.45, 2.75) is 19.8 Å². The van der Waals surface area contributed by atoms with Gasteiger partial charge in [0.15, 0.2) is 0 Å². The largest absolute Gasteiger partial charge is 0.496 e. The van der Waals surface area contributed by atoms with Crippen LogP contribution in [0.5, 0.6) is 5.75 Å². The van der Waals surface area contributed by atoms with Crippen molar-refractivity contribution in [3.8, 4) is 5.75 Å². The number of rotatable bonds is 3. The van der Waals surface area contributed by atoms with Gasteiger partial charge in [-0.3, -0.25) is 4.79 Å². The number of hydrogen-bond acceptors (Lipinski definition) is 2. The molecule has 3 nitrogen and oxygen atoms in total. The molecule has 0 unspecified atom stereocenters. The fourth-order valence-electron chi connectivity index (χ4n) is 3.65. The summed E-state index contributed by atoms with van der Waals surface area (Å²) in [6.45, 7) is 1.94. The molecule has 0 saturated heterocycles. The van der Waals surface area contributed by atoms with Gasteiger partial charge in [0.2, 0.25) is 0 Å². The Balaban J connectivity index is 1.76. The van der Waals surface area contributed by atoms with E-state index in [1.54, 1.807) is 13.2 Å². The lowest BCUT2D eigenvalue weighted by Gasteiger charge is -2.13. The van der Waals surface area contributed by atoms with Crippen molar-refractivity contribution in [1.82, 2.24) is 0 Å². The van der Waals surface area contributed by atoms with E-state index in [-0.39, 0.29) is 5.91 Å². The highest BCUT2D eigenvalue weighted by atomic mass is 16.5. The Morgan fingerprint density at radius 1 is 1.00 bits per heavy atom. The summed E-state index contributed by atoms with van der Waals surface area (Å²) in [5.41, 5.74) is 5.09. The van der Waals surface area contributed by atoms with Gasteiger partial charge in [0.05, 0.1) is 12.7 Å². The Labute approximate surface area is 141 Å². The molecular weight excluding hydrogens is 298 g/mol. The Morgan fingerprint density at radius 3 is 2.54 bits per heavy atom. The molecule has 1 amide bonds. The topological polar surface area (TPSA) is 38.3 Å². The molecule has 3 heteroatoms. The lowest BCUT2D eigenvalue weighted by atomic mass is 10.0. The Bertz CT molecular complexity index is 949. The second kappa shape index (κ2) is 5.68. The molecule has 24 heavy (non-hydrogen) atoms. The fraction of sp³-hybridized carbons (Fsp3) is 0.190. The standard InChI is InChI=1S/C21H19NO2/c1-13-5-3-8-17(20(13)24-2)21(23)22-18-12-11-15-10-9-14-6-4-7-16(18)19(14)15/h3-8,11-12H,9-10H2,1-2H3,(H,22,23). The summed E-state index contributed by atoms with van der Waals surface area (Å²) in [5.74, 6) is 0.482. The van der Waals surface area contributed by atoms with Crippen LogP contribution >= 0.6 is 0 Å². The summed E-state index contributed by atoms with van der Waals surface area (Å²) in [6.07, 6.45) is 2.16. The number of nitrogens with one attached hydrogen (secondary N) is 1. The number of benzene rings is 3. The summed E-state index contributed by atoms with van der Waals surface area (Å²) >= 11 is 0. The number of amides is 1. The molecule has 0 aromatic heterocycles. The molecule has 0 atom stereocenters. The van der Waals surface area contributed by atoms with Gasteiger partial charge < -0.3 is 10.1 Å². The van der Waals surface area contributed by atoms with Crippen LogP contribution in [0, 0.1) is 6.92 Å². The quantitative estimate of drug-likeness (QED) is 0.772. The molecule has 1 N–H and O–H groups in total. The van der Waals surface area contributed by atoms with E-state index in [9.17, 15) is 4.79 Å². The highest BCUT2D eigenvalue weighted by Crippen LogP contribution is 2.35. The normalized spacial score (nSPS) is 12.4. The third kappa shape index (κ3) is 2.24. The molecule has 0 spiro atoms. The van der Waals surface area contributed by atoms with Gasteiger partial charge >= 0.3 is 0 Å². The van der Waals surface area contributed by atoms with E-state index in [1.165, 1.54) is 16.5 Å². The first-order valence-electron chi connectivity index (χ1n) is 8.17. The van der Waals surface area contributed by atoms with Crippen LogP contribution in [0.2, 0.25) is 0 Å². The number of methoxy groups -OCH3 is 1. The van der Waals surface area contributed by atoms with Crippen molar-refractivity contribution in [3.63, 3.8) is 0 Å². The summed E-state index contributed by atoms with van der Waals surface area (Å²) in [4.78, 5) is 12.8. The maximum absolute atomic E-state index is 12.8. The van der Waals surface area contributed by atoms with Gasteiger partial charge in [-0.2, -0.15) is 0 Å². The maximum Gasteiger partial charge on any atom is 0.259 e. The van der Waals surface area contributed by atoms with E-state index >= 15 is 0 Å². The molecule has 120 valence electrons. The first-order valence-corrected chi connectivity index (χ1v) is 8.17. The van der Waals surface area contributed by atoms with Crippen LogP contribution in [-0.4, -0.2) is 13.0 Å². The SMILES string of the molecule is COc1c(C)cccc1C(=O)Nc1ccc2c3c(cccc13)CC2. The number of hydrogen-bond donors (Lipinski definition) is 1. The Kier molecular flexibility index (Phi) is 3.49. The van der Waals surface area contributed by atoms with Gasteiger partial charge in [0, 0.05) is 11.1 Å². The van der Waals surface area contributed by atoms with Crippen LogP contribution in [0.25, 0.3) is 10.8 Å². The van der Waals surface area contributed by atoms with Crippen LogP contribution < -0.4 is 10.1 Å². The fourth-order valence-corrected chi connectivity index (χ4v) is 3.65. The van der Waals surface area contributed by atoms with Gasteiger partial charge in [0.25, 0.3) is 5.91 Å². The number of para-hydroxylation sites is 1. The summed E-state index contributed by atoms with van der Waals surface area (Å²) < 4.78 is 5.41. The Hall–Kier alpha value is -2.81. The van der Waals surface area contributed by atoms with Crippen molar-refractivity contribution in [2.24, 2.45) is 0 Å². The molecule has 0 bridgehead atoms. The van der Waals surface area contributed by atoms with Crippen LogP contribution in [0.3, 0.4) is 0 Å². The van der Waals surface area contributed by atoms with E-state index in [1.807, 2.05) is 25.1 Å². The van der Waals surface area contributed by atoms with Gasteiger partial charge in [-0.15, -0.1) is 0 Å². The third-order valence-electron chi connectivity index (χ3n) is 4.79. The Morgan fingerprint density at radius 2 is 1.75 bits per heavy atom. The van der Waals surface area contributed by atoms with Gasteiger partial charge in [-0.25, -0.2) is 0 Å². The van der Waals surface area contributed by atoms with Crippen molar-refractivity contribution >= 4 is 22.4 Å². The average Bonchev–Trinajstić information content (AvgIpc) is 3.02. The van der Waals surface area contributed by atoms with Crippen LogP contribution in [0.4, 0.5) is 5.69 Å². The van der Waals surface area contributed by atoms with E-state index in [0.717, 1.165) is 29.5 Å². The van der Waals surface area contributed by atoms with E-state index < -0.39 is 0 Å². The van der Waals surface area contributed by atoms with Crippen LogP contribution in [0.15, 0.2) is 48.5 Å². The molecule has 0 radical (unpaired) electrons. The lowest BCUT2D eigenvalue weighted by Crippen LogP contribution is -2.14. The minimum atomic E-state index is -0.144. The molecule has 0 aliphatic heterocycles. The van der Waals surface area contributed by atoms with Crippen molar-refractivity contribution < 1.29 is 9.53 Å². The lowest BCUT2D eigenvalue weighted by molar-refractivity contribution is 0.102. The number of carbonyl (C=O) groups is 1. The third-order valence-corrected chi connectivity index (χ3v) is 4.79. The molecular formula is C21H19NO2. The second-order valence-corrected chi connectivity index (χ2v) is 6.22. The monoisotopic (exact) mass is 317 g/mol. The van der Waals surface area contributed by atoms with E-state index in [4.69, 9.17) is 4.74 Å². The second-order valence-electron chi connectivity index (χ2n) is 6.22. The zero-order chi connectivity index (χ0) is 16.7. The van der Waals surface area contributed by atoms with E-state index in [2.05, 4.69) is 29.6 Å². The molecule has 0 saturated carbocycles. The number of carbonyl (C=O) groups excluding carboxylic acids is 1. The average molecular weight is 317 g/mol. The van der Waals surface area contributed by atoms with Crippen LogP contribution in [0.1, 0.15) is 27.0 Å². The molecule has 4 rings (SSSR count). The van der Waals surface area contributed by atoms with Crippen molar-refractivity contribution in [2.75, 3.05) is 12.4 Å². The van der Waals surface area contributed by atoms with E-state index in [0.29, 0.717) is 11.3 Å². The molecule has 1 aliphatic rings. The highest BCUT2D eigenvalue weighted by Gasteiger charge is 2.18. The van der Waals surface area contributed by atoms with Gasteiger partial charge in [-0.05, 0) is 54.0 Å². The number of aryl methyl sites for hydroxylation is 3. The number of ether oxygens (including phenoxy) is 1. The minimum Gasteiger partial charge on any atom is -0.496 e. The van der Waals surface area contributed by atoms with Crippen molar-refractivity contribution in [1.29, 1.82) is 0 Å². The first-order chi connectivity index (χ1) is 11.7. The minimum absolute atomic E-state index is 0.144.